The predicted octanol–water partition coefficient (Wildman–Crippen LogP) is 5.57. The van der Waals surface area contributed by atoms with Crippen molar-refractivity contribution in [3.05, 3.63) is 76.1 Å². The molecule has 0 unspecified atom stereocenters. The molecular formula is C43H49F2N9O6. The minimum absolute atomic E-state index is 0.0714. The molecule has 4 fully saturated rings. The molecule has 3 aromatic heterocycles. The van der Waals surface area contributed by atoms with Gasteiger partial charge in [-0.3, -0.25) is 34.0 Å². The fraction of sp³-hybridized carbons (Fsp3) is 0.488. The van der Waals surface area contributed by atoms with Crippen molar-refractivity contribution >= 4 is 51.2 Å². The number of amides is 4. The van der Waals surface area contributed by atoms with Crippen molar-refractivity contribution in [1.82, 2.24) is 34.3 Å². The monoisotopic (exact) mass is 825 g/mol. The van der Waals surface area contributed by atoms with E-state index in [0.717, 1.165) is 44.2 Å². The van der Waals surface area contributed by atoms with Crippen molar-refractivity contribution in [2.45, 2.75) is 95.2 Å². The Kier molecular flexibility index (Phi) is 10.4. The van der Waals surface area contributed by atoms with Crippen molar-refractivity contribution in [3.63, 3.8) is 0 Å². The molecule has 2 aromatic carbocycles. The SMILES string of the molecule is CC(C)Oc1cc2nn([C@H]3CC[C@H](CN4CC[C@H](c5cc6c(cc5F)c(N5CCC(=O)NC5=O)nn6C)[C@H](O)C4)CC3)cc2cc1C(=O)Nc1cccn([C@H]2C[C@H]2F)c1=O. The molecule has 316 valence electrons. The quantitative estimate of drug-likeness (QED) is 0.163. The highest BCUT2D eigenvalue weighted by atomic mass is 19.1. The van der Waals surface area contributed by atoms with Crippen LogP contribution in [-0.4, -0.2) is 96.5 Å². The van der Waals surface area contributed by atoms with Crippen molar-refractivity contribution in [3.8, 4) is 5.75 Å². The van der Waals surface area contributed by atoms with Crippen LogP contribution in [0.3, 0.4) is 0 Å². The fourth-order valence-corrected chi connectivity index (χ4v) is 9.29. The second-order valence-electron chi connectivity index (χ2n) is 17.1. The molecule has 4 amide bonds. The molecule has 0 radical (unpaired) electrons. The summed E-state index contributed by atoms with van der Waals surface area (Å²) < 4.78 is 40.5. The van der Waals surface area contributed by atoms with Crippen molar-refractivity contribution < 1.29 is 33.0 Å². The Morgan fingerprint density at radius 3 is 2.57 bits per heavy atom. The van der Waals surface area contributed by atoms with Crippen LogP contribution in [0.15, 0.2) is 53.6 Å². The number of aliphatic hydroxyl groups excluding tert-OH is 1. The van der Waals surface area contributed by atoms with Crippen LogP contribution in [0, 0.1) is 11.7 Å². The van der Waals surface area contributed by atoms with Gasteiger partial charge in [0.15, 0.2) is 5.82 Å². The number of likely N-dealkylation sites (tertiary alicyclic amines) is 1. The summed E-state index contributed by atoms with van der Waals surface area (Å²) in [6.45, 7) is 5.88. The third-order valence-corrected chi connectivity index (χ3v) is 12.5. The van der Waals surface area contributed by atoms with E-state index in [-0.39, 0.29) is 48.7 Å². The number of carbonyl (C=O) groups excluding carboxylic acids is 3. The molecule has 60 heavy (non-hydrogen) atoms. The molecule has 2 aliphatic carbocycles. The zero-order valence-corrected chi connectivity index (χ0v) is 33.8. The van der Waals surface area contributed by atoms with Crippen molar-refractivity contribution in [2.75, 3.05) is 36.4 Å². The number of halogens is 2. The summed E-state index contributed by atoms with van der Waals surface area (Å²) >= 11 is 0. The van der Waals surface area contributed by atoms with Gasteiger partial charge in [-0.25, -0.2) is 13.6 Å². The van der Waals surface area contributed by atoms with Gasteiger partial charge < -0.3 is 24.6 Å². The molecule has 2 saturated heterocycles. The third-order valence-electron chi connectivity index (χ3n) is 12.5. The smallest absolute Gasteiger partial charge is 0.329 e. The molecule has 17 heteroatoms. The van der Waals surface area contributed by atoms with Gasteiger partial charge in [0.05, 0.1) is 40.9 Å². The summed E-state index contributed by atoms with van der Waals surface area (Å²) in [7, 11) is 1.73. The van der Waals surface area contributed by atoms with E-state index < -0.39 is 47.6 Å². The van der Waals surface area contributed by atoms with Crippen molar-refractivity contribution in [1.29, 1.82) is 0 Å². The minimum Gasteiger partial charge on any atom is -0.490 e. The van der Waals surface area contributed by atoms with Gasteiger partial charge in [-0.05, 0) is 94.3 Å². The number of urea groups is 1. The zero-order valence-electron chi connectivity index (χ0n) is 33.8. The molecular weight excluding hydrogens is 777 g/mol. The Morgan fingerprint density at radius 1 is 1.07 bits per heavy atom. The number of aryl methyl sites for hydroxylation is 1. The number of alkyl halides is 1. The van der Waals surface area contributed by atoms with Gasteiger partial charge in [-0.2, -0.15) is 10.2 Å². The zero-order chi connectivity index (χ0) is 42.0. The Balaban J connectivity index is 0.829. The fourth-order valence-electron chi connectivity index (χ4n) is 9.29. The van der Waals surface area contributed by atoms with Crippen LogP contribution in [0.2, 0.25) is 0 Å². The van der Waals surface area contributed by atoms with Gasteiger partial charge in [0.25, 0.3) is 11.5 Å². The third kappa shape index (κ3) is 7.64. The summed E-state index contributed by atoms with van der Waals surface area (Å²) in [5.74, 6) is -0.638. The highest BCUT2D eigenvalue weighted by Gasteiger charge is 2.40. The van der Waals surface area contributed by atoms with E-state index in [1.165, 1.54) is 27.8 Å². The van der Waals surface area contributed by atoms with E-state index in [1.54, 1.807) is 36.0 Å². The van der Waals surface area contributed by atoms with Crippen LogP contribution < -0.4 is 25.8 Å². The summed E-state index contributed by atoms with van der Waals surface area (Å²) in [6.07, 6.45) is 6.22. The first-order valence-electron chi connectivity index (χ1n) is 20.8. The second kappa shape index (κ2) is 15.7. The number of ether oxygens (including phenoxy) is 1. The first-order valence-corrected chi connectivity index (χ1v) is 20.8. The first-order chi connectivity index (χ1) is 28.8. The van der Waals surface area contributed by atoms with Gasteiger partial charge in [-0.1, -0.05) is 0 Å². The average Bonchev–Trinajstić information content (AvgIpc) is 3.64. The maximum atomic E-state index is 15.8. The number of piperidine rings is 1. The van der Waals surface area contributed by atoms with Crippen LogP contribution in [0.4, 0.5) is 25.1 Å². The molecule has 2 aliphatic heterocycles. The maximum Gasteiger partial charge on any atom is 0.329 e. The van der Waals surface area contributed by atoms with Gasteiger partial charge in [-0.15, -0.1) is 0 Å². The molecule has 5 aromatic rings. The number of β-amino-alcohol motifs (C(OH)–C–C–N with tert-alkyl or cyclic N) is 1. The van der Waals surface area contributed by atoms with Crippen LogP contribution in [0.25, 0.3) is 21.8 Å². The molecule has 9 rings (SSSR count). The lowest BCUT2D eigenvalue weighted by molar-refractivity contribution is -0.120. The summed E-state index contributed by atoms with van der Waals surface area (Å²) in [6, 6.07) is 8.83. The van der Waals surface area contributed by atoms with Crippen molar-refractivity contribution in [2.24, 2.45) is 13.0 Å². The van der Waals surface area contributed by atoms with E-state index in [1.807, 2.05) is 24.7 Å². The van der Waals surface area contributed by atoms with Gasteiger partial charge >= 0.3 is 6.03 Å². The number of pyridine rings is 1. The number of imide groups is 1. The Hall–Kier alpha value is -5.68. The van der Waals surface area contributed by atoms with Crippen LogP contribution in [0.1, 0.15) is 92.7 Å². The lowest BCUT2D eigenvalue weighted by atomic mass is 9.83. The molecule has 4 aliphatic rings. The lowest BCUT2D eigenvalue weighted by Gasteiger charge is -2.39. The summed E-state index contributed by atoms with van der Waals surface area (Å²) in [4.78, 5) is 54.5. The number of carbonyl (C=O) groups is 3. The number of hydrogen-bond donors (Lipinski definition) is 3. The Morgan fingerprint density at radius 2 is 1.85 bits per heavy atom. The molecule has 4 atom stereocenters. The second-order valence-corrected chi connectivity index (χ2v) is 17.1. The number of aromatic nitrogens is 5. The number of anilines is 2. The predicted molar refractivity (Wildman–Crippen MR) is 220 cm³/mol. The van der Waals surface area contributed by atoms with Gasteiger partial charge in [0, 0.05) is 74.7 Å². The molecule has 0 spiro atoms. The number of benzene rings is 2. The Bertz CT molecular complexity index is 2560. The first kappa shape index (κ1) is 39.8. The standard InChI is InChI=1S/C43H49F2N9O6/c1-23(2)60-38-19-34-25(15-30(38)41(57)46-33-5-4-12-52(42(33)58)36-18-32(36)45)21-54(48-34)26-8-6-24(7-9-26)20-51-13-10-27(37(55)22-51)28-17-35-29(16-31(28)44)40(49-50(35)3)53-14-11-39(56)47-43(53)59/h4-5,12,15-17,19,21,23-24,26-27,32,36-37,55H,6-11,13-14,18,20,22H2,1-3H3,(H,46,57)(H,47,56,59)/t24-,26-,27-,32-,36+,37-/m1/s1. The highest BCUT2D eigenvalue weighted by Crippen LogP contribution is 2.39. The molecule has 15 nitrogen and oxygen atoms in total. The normalized spacial score (nSPS) is 24.9. The number of rotatable bonds is 10. The van der Waals surface area contributed by atoms with Gasteiger partial charge in [0.1, 0.15) is 23.4 Å². The van der Waals surface area contributed by atoms with E-state index >= 15 is 4.39 Å². The van der Waals surface area contributed by atoms with E-state index in [4.69, 9.17) is 9.84 Å². The number of nitrogens with zero attached hydrogens (tertiary/aromatic N) is 7. The topological polar surface area (TPSA) is 169 Å². The summed E-state index contributed by atoms with van der Waals surface area (Å²) in [5, 5.41) is 27.0. The Labute approximate surface area is 344 Å². The maximum absolute atomic E-state index is 15.8. The molecule has 0 bridgehead atoms. The molecule has 2 saturated carbocycles. The van der Waals surface area contributed by atoms with E-state index in [2.05, 4.69) is 20.6 Å². The number of fused-ring (bicyclic) bond motifs is 2. The lowest BCUT2D eigenvalue weighted by Crippen LogP contribution is -2.49. The number of aliphatic hydroxyl groups is 1. The van der Waals surface area contributed by atoms with E-state index in [9.17, 15) is 28.7 Å². The number of nitrogens with one attached hydrogen (secondary N) is 2. The minimum atomic E-state index is -1.06. The van der Waals surface area contributed by atoms with Crippen LogP contribution in [0.5, 0.6) is 5.75 Å². The highest BCUT2D eigenvalue weighted by molar-refractivity contribution is 6.09. The van der Waals surface area contributed by atoms with Gasteiger partial charge in [0.2, 0.25) is 5.91 Å². The largest absolute Gasteiger partial charge is 0.490 e. The average molecular weight is 826 g/mol. The number of hydrogen-bond acceptors (Lipinski definition) is 9. The van der Waals surface area contributed by atoms with Crippen LogP contribution in [-0.2, 0) is 11.8 Å². The summed E-state index contributed by atoms with van der Waals surface area (Å²) in [5.41, 5.74) is 1.65. The van der Waals surface area contributed by atoms with E-state index in [0.29, 0.717) is 52.4 Å². The molecule has 5 heterocycles. The molecule has 3 N–H and O–H groups in total. The van der Waals surface area contributed by atoms with Crippen LogP contribution >= 0.6 is 0 Å².